The third-order valence-electron chi connectivity index (χ3n) is 3.54. The van der Waals surface area contributed by atoms with E-state index in [1.807, 2.05) is 13.8 Å². The number of anilines is 1. The molecule has 2 rings (SSSR count). The van der Waals surface area contributed by atoms with Crippen LogP contribution in [0.1, 0.15) is 27.2 Å². The zero-order valence-electron chi connectivity index (χ0n) is 12.4. The minimum absolute atomic E-state index is 0.0262. The summed E-state index contributed by atoms with van der Waals surface area (Å²) in [6.45, 7) is 6.21. The molecule has 0 saturated carbocycles. The zero-order valence-corrected chi connectivity index (χ0v) is 13.2. The van der Waals surface area contributed by atoms with Gasteiger partial charge in [0.25, 0.3) is 0 Å². The number of nitrogens with zero attached hydrogens (tertiary/aromatic N) is 1. The molecule has 0 spiro atoms. The van der Waals surface area contributed by atoms with Crippen molar-refractivity contribution in [2.75, 3.05) is 11.4 Å². The van der Waals surface area contributed by atoms with Crippen molar-refractivity contribution < 1.29 is 17.9 Å². The molecule has 1 aromatic rings. The van der Waals surface area contributed by atoms with E-state index in [2.05, 4.69) is 0 Å². The van der Waals surface area contributed by atoms with Crippen LogP contribution in [-0.4, -0.2) is 27.0 Å². The Morgan fingerprint density at radius 2 is 2.14 bits per heavy atom. The van der Waals surface area contributed by atoms with E-state index in [9.17, 15) is 13.2 Å². The van der Waals surface area contributed by atoms with Gasteiger partial charge < -0.3 is 9.64 Å². The van der Waals surface area contributed by atoms with Crippen LogP contribution < -0.4 is 14.8 Å². The summed E-state index contributed by atoms with van der Waals surface area (Å²) in [7, 11) is -3.82. The standard InChI is InChI=1S/C14H20N2O4S/c1-4-14(17)16-8-13(9(2)3)20-12-6-5-10(7-11(12)16)21(15,18)19/h5-7,9,13H,4,8H2,1-3H3,(H2,15,18,19). The zero-order chi connectivity index (χ0) is 15.8. The van der Waals surface area contributed by atoms with Gasteiger partial charge in [0.2, 0.25) is 15.9 Å². The van der Waals surface area contributed by atoms with Crippen LogP contribution in [-0.2, 0) is 14.8 Å². The van der Waals surface area contributed by atoms with Crippen LogP contribution in [0.3, 0.4) is 0 Å². The molecule has 0 aliphatic carbocycles. The van der Waals surface area contributed by atoms with Gasteiger partial charge in [-0.3, -0.25) is 4.79 Å². The van der Waals surface area contributed by atoms with Gasteiger partial charge in [-0.05, 0) is 24.1 Å². The molecule has 0 aromatic heterocycles. The molecule has 7 heteroatoms. The maximum Gasteiger partial charge on any atom is 0.238 e. The second-order valence-electron chi connectivity index (χ2n) is 5.43. The fraction of sp³-hybridized carbons (Fsp3) is 0.500. The Labute approximate surface area is 124 Å². The average molecular weight is 312 g/mol. The van der Waals surface area contributed by atoms with Crippen LogP contribution in [0.2, 0.25) is 0 Å². The maximum absolute atomic E-state index is 12.1. The number of fused-ring (bicyclic) bond motifs is 1. The average Bonchev–Trinajstić information content (AvgIpc) is 2.43. The summed E-state index contributed by atoms with van der Waals surface area (Å²) in [5, 5.41) is 5.15. The molecular weight excluding hydrogens is 292 g/mol. The van der Waals surface area contributed by atoms with Gasteiger partial charge in [0.15, 0.2) is 0 Å². The Balaban J connectivity index is 2.52. The molecule has 1 aliphatic rings. The van der Waals surface area contributed by atoms with Crippen molar-refractivity contribution in [2.24, 2.45) is 11.1 Å². The lowest BCUT2D eigenvalue weighted by molar-refractivity contribution is -0.118. The molecule has 1 amide bonds. The molecule has 1 aliphatic heterocycles. The maximum atomic E-state index is 12.1. The second-order valence-corrected chi connectivity index (χ2v) is 6.99. The monoisotopic (exact) mass is 312 g/mol. The highest BCUT2D eigenvalue weighted by Crippen LogP contribution is 2.36. The van der Waals surface area contributed by atoms with E-state index in [0.29, 0.717) is 24.4 Å². The van der Waals surface area contributed by atoms with Gasteiger partial charge in [-0.15, -0.1) is 0 Å². The number of rotatable bonds is 3. The lowest BCUT2D eigenvalue weighted by Gasteiger charge is -2.36. The quantitative estimate of drug-likeness (QED) is 0.915. The van der Waals surface area contributed by atoms with Gasteiger partial charge >= 0.3 is 0 Å². The summed E-state index contributed by atoms with van der Waals surface area (Å²) in [6, 6.07) is 4.35. The van der Waals surface area contributed by atoms with E-state index in [1.54, 1.807) is 17.9 Å². The Kier molecular flexibility index (Phi) is 4.25. The third-order valence-corrected chi connectivity index (χ3v) is 4.45. The number of hydrogen-bond donors (Lipinski definition) is 1. The summed E-state index contributed by atoms with van der Waals surface area (Å²) < 4.78 is 28.8. The van der Waals surface area contributed by atoms with E-state index in [-0.39, 0.29) is 22.8 Å². The van der Waals surface area contributed by atoms with Crippen molar-refractivity contribution in [2.45, 2.75) is 38.2 Å². The van der Waals surface area contributed by atoms with E-state index in [4.69, 9.17) is 9.88 Å². The van der Waals surface area contributed by atoms with Crippen LogP contribution in [0.25, 0.3) is 0 Å². The Bertz CT molecular complexity index is 655. The number of ether oxygens (including phenoxy) is 1. The highest BCUT2D eigenvalue weighted by atomic mass is 32.2. The van der Waals surface area contributed by atoms with E-state index in [1.165, 1.54) is 12.1 Å². The number of primary sulfonamides is 1. The smallest absolute Gasteiger partial charge is 0.238 e. The number of benzene rings is 1. The number of sulfonamides is 1. The second kappa shape index (κ2) is 5.65. The lowest BCUT2D eigenvalue weighted by Crippen LogP contribution is -2.45. The van der Waals surface area contributed by atoms with Gasteiger partial charge in [-0.2, -0.15) is 0 Å². The first-order chi connectivity index (χ1) is 9.74. The predicted octanol–water partition coefficient (Wildman–Crippen LogP) is 1.49. The van der Waals surface area contributed by atoms with Gasteiger partial charge in [-0.1, -0.05) is 20.8 Å². The molecular formula is C14H20N2O4S. The van der Waals surface area contributed by atoms with Crippen molar-refractivity contribution in [1.82, 2.24) is 0 Å². The number of carbonyl (C=O) groups excluding carboxylic acids is 1. The van der Waals surface area contributed by atoms with E-state index < -0.39 is 10.0 Å². The highest BCUT2D eigenvalue weighted by molar-refractivity contribution is 7.89. The van der Waals surface area contributed by atoms with Crippen LogP contribution in [0.4, 0.5) is 5.69 Å². The summed E-state index contributed by atoms with van der Waals surface area (Å²) in [5.41, 5.74) is 0.463. The lowest BCUT2D eigenvalue weighted by atomic mass is 10.0. The number of carbonyl (C=O) groups is 1. The number of hydrogen-bond acceptors (Lipinski definition) is 4. The SMILES string of the molecule is CCC(=O)N1CC(C(C)C)Oc2ccc(S(N)(=O)=O)cc21. The summed E-state index contributed by atoms with van der Waals surface area (Å²) in [4.78, 5) is 13.7. The number of amides is 1. The van der Waals surface area contributed by atoms with Crippen LogP contribution in [0.15, 0.2) is 23.1 Å². The summed E-state index contributed by atoms with van der Waals surface area (Å²) >= 11 is 0. The Hall–Kier alpha value is -1.60. The number of nitrogens with two attached hydrogens (primary N) is 1. The Morgan fingerprint density at radius 3 is 2.67 bits per heavy atom. The minimum atomic E-state index is -3.82. The van der Waals surface area contributed by atoms with Crippen LogP contribution in [0.5, 0.6) is 5.75 Å². The summed E-state index contributed by atoms with van der Waals surface area (Å²) in [6.07, 6.45) is 0.220. The molecule has 116 valence electrons. The molecule has 0 saturated heterocycles. The Morgan fingerprint density at radius 1 is 1.48 bits per heavy atom. The van der Waals surface area contributed by atoms with E-state index in [0.717, 1.165) is 0 Å². The highest BCUT2D eigenvalue weighted by Gasteiger charge is 2.31. The molecule has 1 unspecified atom stereocenters. The van der Waals surface area contributed by atoms with Crippen LogP contribution >= 0.6 is 0 Å². The third kappa shape index (κ3) is 3.19. The molecule has 21 heavy (non-hydrogen) atoms. The van der Waals surface area contributed by atoms with Gasteiger partial charge in [-0.25, -0.2) is 13.6 Å². The van der Waals surface area contributed by atoms with Crippen molar-refractivity contribution in [1.29, 1.82) is 0 Å². The first kappa shape index (κ1) is 15.8. The molecule has 0 bridgehead atoms. The molecule has 1 aromatic carbocycles. The fourth-order valence-corrected chi connectivity index (χ4v) is 2.77. The molecule has 6 nitrogen and oxygen atoms in total. The fourth-order valence-electron chi connectivity index (χ4n) is 2.24. The van der Waals surface area contributed by atoms with Gasteiger partial charge in [0, 0.05) is 6.42 Å². The van der Waals surface area contributed by atoms with Gasteiger partial charge in [0.05, 0.1) is 17.1 Å². The topological polar surface area (TPSA) is 89.7 Å². The van der Waals surface area contributed by atoms with Crippen molar-refractivity contribution in [3.8, 4) is 5.75 Å². The van der Waals surface area contributed by atoms with Crippen molar-refractivity contribution in [3.05, 3.63) is 18.2 Å². The molecule has 0 radical (unpaired) electrons. The molecule has 1 atom stereocenters. The van der Waals surface area contributed by atoms with Gasteiger partial charge in [0.1, 0.15) is 11.9 Å². The largest absolute Gasteiger partial charge is 0.486 e. The van der Waals surface area contributed by atoms with Crippen molar-refractivity contribution in [3.63, 3.8) is 0 Å². The normalized spacial score (nSPS) is 18.3. The van der Waals surface area contributed by atoms with E-state index >= 15 is 0 Å². The molecule has 0 fully saturated rings. The molecule has 2 N–H and O–H groups in total. The molecule has 1 heterocycles. The van der Waals surface area contributed by atoms with Crippen LogP contribution in [0, 0.1) is 5.92 Å². The first-order valence-electron chi connectivity index (χ1n) is 6.88. The minimum Gasteiger partial charge on any atom is -0.486 e. The first-order valence-corrected chi connectivity index (χ1v) is 8.42. The predicted molar refractivity (Wildman–Crippen MR) is 79.7 cm³/mol. The summed E-state index contributed by atoms with van der Waals surface area (Å²) in [5.74, 6) is 0.675. The van der Waals surface area contributed by atoms with Crippen molar-refractivity contribution >= 4 is 21.6 Å².